The van der Waals surface area contributed by atoms with Gasteiger partial charge >= 0.3 is 0 Å². The molecule has 0 atom stereocenters. The summed E-state index contributed by atoms with van der Waals surface area (Å²) in [5.41, 5.74) is 1.45. The number of halogens is 1. The Morgan fingerprint density at radius 1 is 1.12 bits per heavy atom. The molecule has 0 saturated carbocycles. The first-order valence-electron chi connectivity index (χ1n) is 10.6. The molecule has 4 rings (SSSR count). The predicted molar refractivity (Wildman–Crippen MR) is 129 cm³/mol. The Hall–Kier alpha value is -3.17. The van der Waals surface area contributed by atoms with Gasteiger partial charge in [-0.05, 0) is 55.3 Å². The normalized spacial score (nSPS) is 15.9. The first kappa shape index (κ1) is 23.0. The summed E-state index contributed by atoms with van der Waals surface area (Å²) in [6, 6.07) is 13.2. The summed E-state index contributed by atoms with van der Waals surface area (Å²) in [5, 5.41) is 7.55. The molecular formula is C23H24ClN5O3S. The van der Waals surface area contributed by atoms with Crippen LogP contribution in [0.4, 0.5) is 5.69 Å². The van der Waals surface area contributed by atoms with Gasteiger partial charge in [0.15, 0.2) is 0 Å². The van der Waals surface area contributed by atoms with Gasteiger partial charge in [0.25, 0.3) is 15.9 Å². The highest BCUT2D eigenvalue weighted by atomic mass is 35.5. The average Bonchev–Trinajstić information content (AvgIpc) is 3.21. The number of nitrogens with zero attached hydrogens (tertiary/aromatic N) is 4. The number of aromatic nitrogens is 2. The van der Waals surface area contributed by atoms with Gasteiger partial charge in [0.1, 0.15) is 5.84 Å². The molecule has 3 aromatic rings. The van der Waals surface area contributed by atoms with Crippen LogP contribution in [0.15, 0.2) is 70.2 Å². The number of anilines is 1. The summed E-state index contributed by atoms with van der Waals surface area (Å²) in [5.74, 6) is 0.163. The molecule has 1 fully saturated rings. The minimum atomic E-state index is -3.90. The number of carbonyl (C=O) groups is 1. The van der Waals surface area contributed by atoms with E-state index in [2.05, 4.69) is 14.8 Å². The molecule has 1 saturated heterocycles. The van der Waals surface area contributed by atoms with Crippen LogP contribution in [0, 0.1) is 0 Å². The van der Waals surface area contributed by atoms with E-state index in [0.717, 1.165) is 31.5 Å². The number of rotatable bonds is 5. The number of hydrogen-bond donors (Lipinski definition) is 1. The Balaban J connectivity index is 1.51. The first-order valence-corrected chi connectivity index (χ1v) is 12.4. The van der Waals surface area contributed by atoms with E-state index in [-0.39, 0.29) is 4.90 Å². The van der Waals surface area contributed by atoms with E-state index in [1.807, 2.05) is 11.9 Å². The zero-order valence-corrected chi connectivity index (χ0v) is 19.7. The van der Waals surface area contributed by atoms with E-state index in [1.54, 1.807) is 47.3 Å². The lowest BCUT2D eigenvalue weighted by Crippen LogP contribution is -2.26. The van der Waals surface area contributed by atoms with E-state index in [1.165, 1.54) is 18.3 Å². The smallest absolute Gasteiger partial charge is 0.284 e. The fraction of sp³-hybridized carbons (Fsp3) is 0.261. The molecular weight excluding hydrogens is 462 g/mol. The van der Waals surface area contributed by atoms with Crippen molar-refractivity contribution in [2.75, 3.05) is 18.9 Å². The number of amides is 1. The standard InChI is InChI=1S/C23H24ClN5O3S/c1-28-13-4-2-3-8-22(28)27-33(31,32)21-7-5-6-19(14-21)26-23(30)17-15-25-29(16-17)20-11-9-18(24)10-12-20/h5-7,9-12,14-16H,2-4,8,13H2,1H3,(H,26,30)/b27-22+. The van der Waals surface area contributed by atoms with Crippen LogP contribution in [0.3, 0.4) is 0 Å². The van der Waals surface area contributed by atoms with Crippen molar-refractivity contribution in [3.8, 4) is 5.69 Å². The third-order valence-electron chi connectivity index (χ3n) is 5.39. The maximum absolute atomic E-state index is 12.9. The Bertz CT molecular complexity index is 1290. The fourth-order valence-electron chi connectivity index (χ4n) is 3.55. The highest BCUT2D eigenvalue weighted by Crippen LogP contribution is 2.21. The zero-order chi connectivity index (χ0) is 23.4. The Morgan fingerprint density at radius 2 is 1.91 bits per heavy atom. The Labute approximate surface area is 197 Å². The first-order chi connectivity index (χ1) is 15.8. The van der Waals surface area contributed by atoms with Crippen LogP contribution in [0.5, 0.6) is 0 Å². The van der Waals surface area contributed by atoms with Gasteiger partial charge in [-0.3, -0.25) is 4.79 Å². The minimum absolute atomic E-state index is 0.0299. The highest BCUT2D eigenvalue weighted by molar-refractivity contribution is 7.90. The van der Waals surface area contributed by atoms with Crippen LogP contribution in [0.25, 0.3) is 5.69 Å². The van der Waals surface area contributed by atoms with Crippen LogP contribution in [0.2, 0.25) is 5.02 Å². The van der Waals surface area contributed by atoms with E-state index in [4.69, 9.17) is 11.6 Å². The largest absolute Gasteiger partial charge is 0.362 e. The third-order valence-corrected chi connectivity index (χ3v) is 6.94. The second-order valence-corrected chi connectivity index (χ2v) is 9.89. The number of likely N-dealkylation sites (tertiary alicyclic amines) is 1. The third kappa shape index (κ3) is 5.61. The molecule has 0 spiro atoms. The van der Waals surface area contributed by atoms with Gasteiger partial charge in [0.05, 0.1) is 22.3 Å². The van der Waals surface area contributed by atoms with E-state index in [9.17, 15) is 13.2 Å². The summed E-state index contributed by atoms with van der Waals surface area (Å²) in [6.45, 7) is 0.786. The van der Waals surface area contributed by atoms with E-state index >= 15 is 0 Å². The highest BCUT2D eigenvalue weighted by Gasteiger charge is 2.19. The van der Waals surface area contributed by atoms with E-state index in [0.29, 0.717) is 28.5 Å². The van der Waals surface area contributed by atoms with Crippen molar-refractivity contribution in [1.82, 2.24) is 14.7 Å². The van der Waals surface area contributed by atoms with Crippen molar-refractivity contribution in [2.24, 2.45) is 4.40 Å². The molecule has 1 N–H and O–H groups in total. The molecule has 2 aromatic carbocycles. The summed E-state index contributed by atoms with van der Waals surface area (Å²) in [7, 11) is -2.04. The van der Waals surface area contributed by atoms with E-state index < -0.39 is 15.9 Å². The SMILES string of the molecule is CN1CCCCC/C1=N\S(=O)(=O)c1cccc(NC(=O)c2cnn(-c3ccc(Cl)cc3)c2)c1. The van der Waals surface area contributed by atoms with Gasteiger partial charge in [0, 0.05) is 36.9 Å². The molecule has 1 aliphatic rings. The van der Waals surface area contributed by atoms with Crippen LogP contribution in [0.1, 0.15) is 36.0 Å². The molecule has 1 aromatic heterocycles. The molecule has 33 heavy (non-hydrogen) atoms. The second kappa shape index (κ2) is 9.76. The molecule has 0 unspecified atom stereocenters. The molecule has 1 aliphatic heterocycles. The van der Waals surface area contributed by atoms with Crippen LogP contribution < -0.4 is 5.32 Å². The zero-order valence-electron chi connectivity index (χ0n) is 18.1. The van der Waals surface area contributed by atoms with Gasteiger partial charge in [-0.25, -0.2) is 4.68 Å². The van der Waals surface area contributed by atoms with Gasteiger partial charge in [-0.2, -0.15) is 13.5 Å². The molecule has 0 radical (unpaired) electrons. The van der Waals surface area contributed by atoms with Crippen molar-refractivity contribution in [3.63, 3.8) is 0 Å². The predicted octanol–water partition coefficient (Wildman–Crippen LogP) is 4.37. The van der Waals surface area contributed by atoms with Crippen molar-refractivity contribution in [1.29, 1.82) is 0 Å². The van der Waals surface area contributed by atoms with Crippen molar-refractivity contribution < 1.29 is 13.2 Å². The lowest BCUT2D eigenvalue weighted by atomic mass is 10.2. The summed E-state index contributed by atoms with van der Waals surface area (Å²) in [4.78, 5) is 14.6. The fourth-order valence-corrected chi connectivity index (χ4v) is 4.81. The van der Waals surface area contributed by atoms with Gasteiger partial charge < -0.3 is 10.2 Å². The van der Waals surface area contributed by atoms with Crippen molar-refractivity contribution in [2.45, 2.75) is 30.6 Å². The molecule has 172 valence electrons. The summed E-state index contributed by atoms with van der Waals surface area (Å²) < 4.78 is 31.4. The number of sulfonamides is 1. The number of hydrogen-bond acceptors (Lipinski definition) is 4. The molecule has 0 bridgehead atoms. The molecule has 8 nitrogen and oxygen atoms in total. The Morgan fingerprint density at radius 3 is 2.70 bits per heavy atom. The average molecular weight is 486 g/mol. The number of carbonyl (C=O) groups excluding carboxylic acids is 1. The second-order valence-electron chi connectivity index (χ2n) is 7.85. The van der Waals surface area contributed by atoms with Crippen molar-refractivity contribution in [3.05, 3.63) is 71.5 Å². The summed E-state index contributed by atoms with van der Waals surface area (Å²) in [6.07, 6.45) is 6.65. The van der Waals surface area contributed by atoms with Crippen LogP contribution in [-0.4, -0.2) is 48.4 Å². The lowest BCUT2D eigenvalue weighted by molar-refractivity contribution is 0.102. The number of amidine groups is 1. The van der Waals surface area contributed by atoms with Crippen LogP contribution in [-0.2, 0) is 10.0 Å². The monoisotopic (exact) mass is 485 g/mol. The van der Waals surface area contributed by atoms with Gasteiger partial charge in [0.2, 0.25) is 0 Å². The molecule has 1 amide bonds. The lowest BCUT2D eigenvalue weighted by Gasteiger charge is -2.17. The maximum Gasteiger partial charge on any atom is 0.284 e. The van der Waals surface area contributed by atoms with Crippen molar-refractivity contribution >= 4 is 39.1 Å². The van der Waals surface area contributed by atoms with Crippen LogP contribution >= 0.6 is 11.6 Å². The number of benzene rings is 2. The quantitative estimate of drug-likeness (QED) is 0.578. The Kier molecular flexibility index (Phi) is 6.80. The topological polar surface area (TPSA) is 96.7 Å². The number of nitrogens with one attached hydrogen (secondary N) is 1. The molecule has 0 aliphatic carbocycles. The maximum atomic E-state index is 12.9. The van der Waals surface area contributed by atoms with Gasteiger partial charge in [-0.1, -0.05) is 24.1 Å². The minimum Gasteiger partial charge on any atom is -0.362 e. The molecule has 2 heterocycles. The summed E-state index contributed by atoms with van der Waals surface area (Å²) >= 11 is 5.91. The van der Waals surface area contributed by atoms with Gasteiger partial charge in [-0.15, -0.1) is 4.40 Å². The molecule has 10 heteroatoms.